The Morgan fingerprint density at radius 1 is 1.22 bits per heavy atom. The van der Waals surface area contributed by atoms with Crippen LogP contribution in [0.5, 0.6) is 0 Å². The van der Waals surface area contributed by atoms with Crippen LogP contribution in [0.2, 0.25) is 0 Å². The Kier molecular flexibility index (Phi) is 3.91. The zero-order valence-corrected chi connectivity index (χ0v) is 13.9. The number of hydrogen-bond donors (Lipinski definition) is 1. The highest BCUT2D eigenvalue weighted by molar-refractivity contribution is 7.99. The van der Waals surface area contributed by atoms with Gasteiger partial charge in [-0.3, -0.25) is 4.40 Å². The third-order valence-corrected chi connectivity index (χ3v) is 4.99. The second kappa shape index (κ2) is 6.20. The van der Waals surface area contributed by atoms with Gasteiger partial charge in [-0.15, -0.1) is 22.0 Å². The first kappa shape index (κ1) is 14.5. The summed E-state index contributed by atoms with van der Waals surface area (Å²) in [6.45, 7) is 2.95. The van der Waals surface area contributed by atoms with E-state index < -0.39 is 0 Å². The Bertz CT molecular complexity index is 807. The molecule has 1 aromatic carbocycles. The molecule has 0 atom stereocenters. The van der Waals surface area contributed by atoms with Crippen molar-refractivity contribution in [2.75, 3.05) is 17.6 Å². The molecule has 1 N–H and O–H groups in total. The fourth-order valence-corrected chi connectivity index (χ4v) is 3.33. The van der Waals surface area contributed by atoms with E-state index in [9.17, 15) is 0 Å². The van der Waals surface area contributed by atoms with E-state index in [-0.39, 0.29) is 0 Å². The molecule has 3 aromatic rings. The Hall–Kier alpha value is -2.08. The van der Waals surface area contributed by atoms with Crippen LogP contribution in [0.4, 0.5) is 5.82 Å². The molecule has 0 unspecified atom stereocenters. The van der Waals surface area contributed by atoms with E-state index in [1.165, 1.54) is 23.3 Å². The van der Waals surface area contributed by atoms with Gasteiger partial charge in [0.05, 0.1) is 0 Å². The molecule has 0 saturated heterocycles. The highest BCUT2D eigenvalue weighted by Crippen LogP contribution is 2.39. The molecule has 2 heterocycles. The lowest BCUT2D eigenvalue weighted by Gasteiger charge is -2.07. The molecule has 1 saturated carbocycles. The molecule has 118 valence electrons. The van der Waals surface area contributed by atoms with Crippen molar-refractivity contribution in [2.45, 2.75) is 30.6 Å². The molecule has 23 heavy (non-hydrogen) atoms. The minimum atomic E-state index is 0.581. The van der Waals surface area contributed by atoms with E-state index in [0.717, 1.165) is 29.6 Å². The van der Waals surface area contributed by atoms with Crippen LogP contribution in [-0.4, -0.2) is 31.9 Å². The first-order valence-electron chi connectivity index (χ1n) is 7.94. The molecular formula is C17H19N5S. The van der Waals surface area contributed by atoms with Crippen molar-refractivity contribution >= 4 is 23.2 Å². The van der Waals surface area contributed by atoms with Gasteiger partial charge in [0.25, 0.3) is 0 Å². The standard InChI is InChI=1S/C17H19N5S/c1-12-2-6-14(7-3-12)23-11-9-19-15-17-21-20-16(13-4-5-13)22(17)10-8-18-15/h2-3,6-8,10,13H,4-5,9,11H2,1H3,(H,18,19). The van der Waals surface area contributed by atoms with Crippen molar-refractivity contribution < 1.29 is 0 Å². The van der Waals surface area contributed by atoms with Crippen molar-refractivity contribution in [1.29, 1.82) is 0 Å². The minimum absolute atomic E-state index is 0.581. The number of thioether (sulfide) groups is 1. The summed E-state index contributed by atoms with van der Waals surface area (Å²) in [6, 6.07) is 8.63. The zero-order chi connectivity index (χ0) is 15.6. The smallest absolute Gasteiger partial charge is 0.203 e. The summed E-state index contributed by atoms with van der Waals surface area (Å²) >= 11 is 1.84. The summed E-state index contributed by atoms with van der Waals surface area (Å²) in [7, 11) is 0. The van der Waals surface area contributed by atoms with Gasteiger partial charge in [-0.25, -0.2) is 4.98 Å². The number of nitrogens with zero attached hydrogens (tertiary/aromatic N) is 4. The number of benzene rings is 1. The molecule has 2 aromatic heterocycles. The average Bonchev–Trinajstić information content (AvgIpc) is 3.32. The zero-order valence-electron chi connectivity index (χ0n) is 13.1. The predicted octanol–water partition coefficient (Wildman–Crippen LogP) is 3.51. The molecule has 6 heteroatoms. The number of aromatic nitrogens is 4. The van der Waals surface area contributed by atoms with E-state index in [1.54, 1.807) is 0 Å². The number of anilines is 1. The highest BCUT2D eigenvalue weighted by atomic mass is 32.2. The van der Waals surface area contributed by atoms with Gasteiger partial charge in [-0.1, -0.05) is 17.7 Å². The molecule has 1 aliphatic rings. The molecular weight excluding hydrogens is 306 g/mol. The van der Waals surface area contributed by atoms with Gasteiger partial charge < -0.3 is 5.32 Å². The second-order valence-electron chi connectivity index (χ2n) is 5.89. The summed E-state index contributed by atoms with van der Waals surface area (Å²) in [5.74, 6) is 3.45. The van der Waals surface area contributed by atoms with Gasteiger partial charge in [0.1, 0.15) is 5.82 Å². The summed E-state index contributed by atoms with van der Waals surface area (Å²) in [5, 5.41) is 12.0. The number of fused-ring (bicyclic) bond motifs is 1. The average molecular weight is 325 g/mol. The Balaban J connectivity index is 1.39. The molecule has 0 amide bonds. The second-order valence-corrected chi connectivity index (χ2v) is 7.06. The van der Waals surface area contributed by atoms with Crippen molar-refractivity contribution in [3.05, 3.63) is 48.0 Å². The van der Waals surface area contributed by atoms with Crippen molar-refractivity contribution in [3.63, 3.8) is 0 Å². The lowest BCUT2D eigenvalue weighted by Crippen LogP contribution is -2.07. The fourth-order valence-electron chi connectivity index (χ4n) is 2.56. The van der Waals surface area contributed by atoms with Gasteiger partial charge in [0.15, 0.2) is 5.82 Å². The van der Waals surface area contributed by atoms with Crippen LogP contribution in [0.1, 0.15) is 30.1 Å². The highest BCUT2D eigenvalue weighted by Gasteiger charge is 2.29. The van der Waals surface area contributed by atoms with E-state index >= 15 is 0 Å². The molecule has 0 radical (unpaired) electrons. The molecule has 1 aliphatic carbocycles. The van der Waals surface area contributed by atoms with E-state index in [0.29, 0.717) is 5.92 Å². The first-order chi connectivity index (χ1) is 11.3. The van der Waals surface area contributed by atoms with Gasteiger partial charge in [0.2, 0.25) is 5.65 Å². The number of aryl methyl sites for hydroxylation is 1. The Morgan fingerprint density at radius 2 is 2.04 bits per heavy atom. The molecule has 4 rings (SSSR count). The largest absolute Gasteiger partial charge is 0.366 e. The van der Waals surface area contributed by atoms with E-state index in [1.807, 2.05) is 24.2 Å². The monoisotopic (exact) mass is 325 g/mol. The lowest BCUT2D eigenvalue weighted by molar-refractivity contribution is 0.894. The van der Waals surface area contributed by atoms with Gasteiger partial charge in [-0.2, -0.15) is 0 Å². The van der Waals surface area contributed by atoms with Crippen LogP contribution in [-0.2, 0) is 0 Å². The minimum Gasteiger partial charge on any atom is -0.366 e. The van der Waals surface area contributed by atoms with Crippen LogP contribution < -0.4 is 5.32 Å². The van der Waals surface area contributed by atoms with Crippen molar-refractivity contribution in [1.82, 2.24) is 19.6 Å². The third-order valence-electron chi connectivity index (χ3n) is 3.98. The summed E-state index contributed by atoms with van der Waals surface area (Å²) < 4.78 is 2.07. The van der Waals surface area contributed by atoms with Crippen LogP contribution in [0.15, 0.2) is 41.6 Å². The fraction of sp³-hybridized carbons (Fsp3) is 0.353. The molecule has 0 bridgehead atoms. The lowest BCUT2D eigenvalue weighted by atomic mass is 10.2. The van der Waals surface area contributed by atoms with E-state index in [2.05, 4.69) is 56.1 Å². The van der Waals surface area contributed by atoms with Crippen LogP contribution >= 0.6 is 11.8 Å². The summed E-state index contributed by atoms with van der Waals surface area (Å²) in [5.41, 5.74) is 2.12. The molecule has 0 spiro atoms. The van der Waals surface area contributed by atoms with Gasteiger partial charge in [0, 0.05) is 35.5 Å². The number of hydrogen-bond acceptors (Lipinski definition) is 5. The normalized spacial score (nSPS) is 14.3. The predicted molar refractivity (Wildman–Crippen MR) is 93.1 cm³/mol. The van der Waals surface area contributed by atoms with Gasteiger partial charge >= 0.3 is 0 Å². The van der Waals surface area contributed by atoms with Crippen LogP contribution in [0.25, 0.3) is 5.65 Å². The van der Waals surface area contributed by atoms with Gasteiger partial charge in [-0.05, 0) is 31.9 Å². The molecule has 5 nitrogen and oxygen atoms in total. The quantitative estimate of drug-likeness (QED) is 0.555. The molecule has 0 aliphatic heterocycles. The Labute approximate surface area is 139 Å². The topological polar surface area (TPSA) is 55.1 Å². The van der Waals surface area contributed by atoms with Crippen LogP contribution in [0.3, 0.4) is 0 Å². The maximum absolute atomic E-state index is 4.41. The third kappa shape index (κ3) is 3.17. The maximum Gasteiger partial charge on any atom is 0.203 e. The van der Waals surface area contributed by atoms with E-state index in [4.69, 9.17) is 0 Å². The Morgan fingerprint density at radius 3 is 2.83 bits per heavy atom. The van der Waals surface area contributed by atoms with Crippen molar-refractivity contribution in [2.24, 2.45) is 0 Å². The SMILES string of the molecule is Cc1ccc(SCCNc2nccn3c(C4CC4)nnc23)cc1. The van der Waals surface area contributed by atoms with Crippen molar-refractivity contribution in [3.8, 4) is 0 Å². The summed E-state index contributed by atoms with van der Waals surface area (Å²) in [4.78, 5) is 5.71. The van der Waals surface area contributed by atoms with Crippen LogP contribution in [0, 0.1) is 6.92 Å². The maximum atomic E-state index is 4.41. The number of rotatable bonds is 6. The summed E-state index contributed by atoms with van der Waals surface area (Å²) in [6.07, 6.45) is 6.21. The molecule has 1 fully saturated rings. The first-order valence-corrected chi connectivity index (χ1v) is 8.93. The number of nitrogens with one attached hydrogen (secondary N) is 1.